The van der Waals surface area contributed by atoms with Gasteiger partial charge in [-0.25, -0.2) is 0 Å². The van der Waals surface area contributed by atoms with Crippen LogP contribution in [0.15, 0.2) is 34.7 Å². The molecule has 0 aromatic carbocycles. The Balaban J connectivity index is 1.34. The zero-order chi connectivity index (χ0) is 24.9. The summed E-state index contributed by atoms with van der Waals surface area (Å²) in [6, 6.07) is 1.87. The first-order chi connectivity index (χ1) is 16.7. The van der Waals surface area contributed by atoms with Gasteiger partial charge in [-0.05, 0) is 88.5 Å². The molecule has 0 amide bonds. The van der Waals surface area contributed by atoms with Crippen LogP contribution in [0.2, 0.25) is 0 Å². The molecule has 6 nitrogen and oxygen atoms in total. The zero-order valence-electron chi connectivity index (χ0n) is 21.9. The van der Waals surface area contributed by atoms with Gasteiger partial charge in [0.1, 0.15) is 5.60 Å². The molecule has 2 N–H and O–H groups in total. The lowest BCUT2D eigenvalue weighted by molar-refractivity contribution is -0.222. The highest BCUT2D eigenvalue weighted by atomic mass is 16.7. The minimum atomic E-state index is -1.04. The maximum absolute atomic E-state index is 12.3. The fourth-order valence-corrected chi connectivity index (χ4v) is 8.50. The molecular formula is C29H44O6. The highest BCUT2D eigenvalue weighted by Gasteiger charge is 2.71. The van der Waals surface area contributed by atoms with Crippen LogP contribution in [0.3, 0.4) is 0 Å². The average Bonchev–Trinajstić information content (AvgIpc) is 3.45. The van der Waals surface area contributed by atoms with Crippen LogP contribution in [0.5, 0.6) is 0 Å². The van der Waals surface area contributed by atoms with E-state index in [-0.39, 0.29) is 23.7 Å². The molecule has 0 saturated heterocycles. The van der Waals surface area contributed by atoms with Gasteiger partial charge < -0.3 is 28.8 Å². The Morgan fingerprint density at radius 1 is 1.00 bits per heavy atom. The molecule has 0 spiro atoms. The lowest BCUT2D eigenvalue weighted by Crippen LogP contribution is -2.63. The van der Waals surface area contributed by atoms with E-state index in [9.17, 15) is 10.2 Å². The Hall–Kier alpha value is -1.18. The third-order valence-corrected chi connectivity index (χ3v) is 10.6. The van der Waals surface area contributed by atoms with E-state index < -0.39 is 16.6 Å². The van der Waals surface area contributed by atoms with Crippen molar-refractivity contribution in [2.45, 2.75) is 103 Å². The number of furan rings is 1. The number of rotatable bonds is 8. The van der Waals surface area contributed by atoms with Crippen molar-refractivity contribution in [3.05, 3.63) is 35.8 Å². The number of allylic oxidation sites excluding steroid dienone is 1. The molecule has 5 rings (SSSR count). The summed E-state index contributed by atoms with van der Waals surface area (Å²) in [5.74, 6) is 0.620. The molecule has 4 aliphatic carbocycles. The van der Waals surface area contributed by atoms with Gasteiger partial charge in [-0.15, -0.1) is 0 Å². The number of ether oxygens (including phenoxy) is 3. The fraction of sp³-hybridized carbons (Fsp3) is 0.793. The van der Waals surface area contributed by atoms with Crippen LogP contribution in [-0.2, 0) is 19.8 Å². The molecule has 3 fully saturated rings. The lowest BCUT2D eigenvalue weighted by Gasteiger charge is -2.62. The van der Waals surface area contributed by atoms with Crippen LogP contribution in [0.4, 0.5) is 0 Å². The summed E-state index contributed by atoms with van der Waals surface area (Å²) in [6.45, 7) is 10.2. The van der Waals surface area contributed by atoms with Crippen molar-refractivity contribution in [3.63, 3.8) is 0 Å². The van der Waals surface area contributed by atoms with Crippen LogP contribution in [-0.4, -0.2) is 48.0 Å². The average molecular weight is 489 g/mol. The molecule has 1 aromatic rings. The van der Waals surface area contributed by atoms with Gasteiger partial charge in [0.15, 0.2) is 6.29 Å². The van der Waals surface area contributed by atoms with E-state index in [4.69, 9.17) is 18.6 Å². The minimum absolute atomic E-state index is 0.0788. The van der Waals surface area contributed by atoms with Gasteiger partial charge >= 0.3 is 0 Å². The monoisotopic (exact) mass is 488 g/mol. The summed E-state index contributed by atoms with van der Waals surface area (Å²) < 4.78 is 22.9. The van der Waals surface area contributed by atoms with Crippen LogP contribution < -0.4 is 0 Å². The first-order valence-electron chi connectivity index (χ1n) is 13.8. The van der Waals surface area contributed by atoms with Crippen LogP contribution in [0, 0.1) is 22.7 Å². The number of hydrogen-bond acceptors (Lipinski definition) is 6. The summed E-state index contributed by atoms with van der Waals surface area (Å²) in [6.07, 6.45) is 12.5. The summed E-state index contributed by atoms with van der Waals surface area (Å²) in [7, 11) is 0. The zero-order valence-corrected chi connectivity index (χ0v) is 21.9. The van der Waals surface area contributed by atoms with E-state index in [0.717, 1.165) is 44.1 Å². The van der Waals surface area contributed by atoms with E-state index >= 15 is 0 Å². The Morgan fingerprint density at radius 3 is 2.46 bits per heavy atom. The largest absolute Gasteiger partial charge is 0.472 e. The Labute approximate surface area is 210 Å². The molecule has 196 valence electrons. The molecule has 35 heavy (non-hydrogen) atoms. The number of fused-ring (bicyclic) bond motifs is 5. The molecule has 3 saturated carbocycles. The Morgan fingerprint density at radius 2 is 1.77 bits per heavy atom. The SMILES string of the molecule is CCOC(COC1C=C2CC[C@@H]3[C@@H](CC[C@]4(C)C(O)(c5ccoc5)CC[C@@]34O)[C@@]2(C)CC1)OCC. The molecule has 4 aliphatic rings. The third-order valence-electron chi connectivity index (χ3n) is 10.6. The van der Waals surface area contributed by atoms with Crippen molar-refractivity contribution in [2.75, 3.05) is 19.8 Å². The van der Waals surface area contributed by atoms with Crippen LogP contribution in [0.25, 0.3) is 0 Å². The second-order valence-corrected chi connectivity index (χ2v) is 11.8. The van der Waals surface area contributed by atoms with Crippen molar-refractivity contribution in [1.82, 2.24) is 0 Å². The lowest BCUT2D eigenvalue weighted by atomic mass is 9.44. The number of hydrogen-bond donors (Lipinski definition) is 2. The predicted octanol–water partition coefficient (Wildman–Crippen LogP) is 5.33. The Bertz CT molecular complexity index is 906. The van der Waals surface area contributed by atoms with Gasteiger partial charge in [0, 0.05) is 24.2 Å². The van der Waals surface area contributed by atoms with Gasteiger partial charge in [-0.1, -0.05) is 25.5 Å². The van der Waals surface area contributed by atoms with Crippen molar-refractivity contribution in [1.29, 1.82) is 0 Å². The predicted molar refractivity (Wildman–Crippen MR) is 133 cm³/mol. The molecule has 2 unspecified atom stereocenters. The summed E-state index contributed by atoms with van der Waals surface area (Å²) >= 11 is 0. The highest BCUT2D eigenvalue weighted by molar-refractivity contribution is 5.33. The standard InChI is InChI=1S/C29H44O6/c1-5-33-25(34-6-2)19-35-22-9-12-26(3)20(17-22)7-8-24-23(26)10-13-27(4)28(30,14-15-29(24,27)31)21-11-16-32-18-21/h11,16-18,22-25,30-31H,5-10,12-15,19H2,1-4H3/t22?,23-,24-,26+,27-,28?,29-/m1/s1. The van der Waals surface area contributed by atoms with Crippen molar-refractivity contribution < 1.29 is 28.8 Å². The molecular weight excluding hydrogens is 444 g/mol. The van der Waals surface area contributed by atoms with E-state index in [1.54, 1.807) is 12.5 Å². The maximum Gasteiger partial charge on any atom is 0.180 e. The third kappa shape index (κ3) is 3.78. The number of aliphatic hydroxyl groups is 2. The van der Waals surface area contributed by atoms with Gasteiger partial charge in [0.2, 0.25) is 0 Å². The summed E-state index contributed by atoms with van der Waals surface area (Å²) in [5, 5.41) is 24.2. The quantitative estimate of drug-likeness (QED) is 0.380. The minimum Gasteiger partial charge on any atom is -0.472 e. The maximum atomic E-state index is 12.3. The topological polar surface area (TPSA) is 81.3 Å². The molecule has 0 radical (unpaired) electrons. The van der Waals surface area contributed by atoms with E-state index in [2.05, 4.69) is 19.9 Å². The van der Waals surface area contributed by atoms with E-state index in [1.807, 2.05) is 19.9 Å². The second kappa shape index (κ2) is 9.29. The van der Waals surface area contributed by atoms with Gasteiger partial charge in [-0.2, -0.15) is 0 Å². The highest BCUT2D eigenvalue weighted by Crippen LogP contribution is 2.71. The fourth-order valence-electron chi connectivity index (χ4n) is 8.50. The molecule has 0 bridgehead atoms. The van der Waals surface area contributed by atoms with E-state index in [1.165, 1.54) is 5.57 Å². The van der Waals surface area contributed by atoms with Crippen molar-refractivity contribution in [3.8, 4) is 0 Å². The molecule has 1 heterocycles. The van der Waals surface area contributed by atoms with Crippen molar-refractivity contribution in [2.24, 2.45) is 22.7 Å². The van der Waals surface area contributed by atoms with Gasteiger partial charge in [0.25, 0.3) is 0 Å². The van der Waals surface area contributed by atoms with Crippen LogP contribution >= 0.6 is 0 Å². The first kappa shape index (κ1) is 25.5. The molecule has 1 aromatic heterocycles. The first-order valence-corrected chi connectivity index (χ1v) is 13.8. The van der Waals surface area contributed by atoms with Gasteiger partial charge in [-0.3, -0.25) is 0 Å². The molecule has 7 atom stereocenters. The molecule has 6 heteroatoms. The van der Waals surface area contributed by atoms with Crippen LogP contribution in [0.1, 0.15) is 84.6 Å². The summed E-state index contributed by atoms with van der Waals surface area (Å²) in [5.41, 5.74) is -0.0978. The Kier molecular flexibility index (Phi) is 6.76. The molecule has 0 aliphatic heterocycles. The smallest absolute Gasteiger partial charge is 0.180 e. The van der Waals surface area contributed by atoms with E-state index in [0.29, 0.717) is 38.6 Å². The normalized spacial score (nSPS) is 42.9. The second-order valence-electron chi connectivity index (χ2n) is 11.8. The van der Waals surface area contributed by atoms with Crippen molar-refractivity contribution >= 4 is 0 Å². The van der Waals surface area contributed by atoms with Gasteiger partial charge in [0.05, 0.1) is 30.8 Å². The summed E-state index contributed by atoms with van der Waals surface area (Å²) in [4.78, 5) is 0.